The summed E-state index contributed by atoms with van der Waals surface area (Å²) in [5.41, 5.74) is 0. The Balaban J connectivity index is 2.05. The molecule has 1 saturated carbocycles. The molecule has 0 unspecified atom stereocenters. The fourth-order valence-corrected chi connectivity index (χ4v) is 2.87. The number of hydrogen-bond donors (Lipinski definition) is 1. The van der Waals surface area contributed by atoms with Gasteiger partial charge in [0.05, 0.1) is 6.61 Å². The molecule has 0 amide bonds. The minimum atomic E-state index is -0.0157. The van der Waals surface area contributed by atoms with Crippen molar-refractivity contribution in [2.75, 3.05) is 0 Å². The van der Waals surface area contributed by atoms with E-state index in [1.807, 2.05) is 0 Å². The van der Waals surface area contributed by atoms with E-state index in [4.69, 9.17) is 5.11 Å². The van der Waals surface area contributed by atoms with Gasteiger partial charge in [0.2, 0.25) is 4.96 Å². The first-order valence-electron chi connectivity index (χ1n) is 5.20. The number of rotatable bonds is 2. The fraction of sp³-hybridized carbons (Fsp3) is 0.667. The molecule has 1 fully saturated rings. The van der Waals surface area contributed by atoms with Crippen LogP contribution in [-0.4, -0.2) is 24.9 Å². The summed E-state index contributed by atoms with van der Waals surface area (Å²) in [6.07, 6.45) is 4.92. The van der Waals surface area contributed by atoms with Crippen molar-refractivity contribution < 1.29 is 5.11 Å². The molecule has 3 rings (SSSR count). The van der Waals surface area contributed by atoms with Gasteiger partial charge < -0.3 is 5.11 Å². The maximum absolute atomic E-state index is 9.00. The summed E-state index contributed by atoms with van der Waals surface area (Å²) in [5, 5.41) is 22.3. The van der Waals surface area contributed by atoms with Gasteiger partial charge in [-0.05, 0) is 12.8 Å². The highest BCUT2D eigenvalue weighted by Gasteiger charge is 2.23. The Morgan fingerprint density at radius 2 is 2.13 bits per heavy atom. The summed E-state index contributed by atoms with van der Waals surface area (Å²) in [6, 6.07) is 0. The Bertz CT molecular complexity index is 471. The van der Waals surface area contributed by atoms with Crippen molar-refractivity contribution in [1.29, 1.82) is 0 Å². The summed E-state index contributed by atoms with van der Waals surface area (Å²) >= 11 is 1.41. The van der Waals surface area contributed by atoms with Crippen molar-refractivity contribution in [3.8, 4) is 0 Å². The molecule has 2 heterocycles. The van der Waals surface area contributed by atoms with Crippen molar-refractivity contribution in [2.45, 2.75) is 38.2 Å². The van der Waals surface area contributed by atoms with Crippen molar-refractivity contribution in [1.82, 2.24) is 19.8 Å². The van der Waals surface area contributed by atoms with Crippen LogP contribution < -0.4 is 0 Å². The van der Waals surface area contributed by atoms with E-state index in [1.165, 1.54) is 37.0 Å². The van der Waals surface area contributed by atoms with Gasteiger partial charge in [-0.3, -0.25) is 0 Å². The van der Waals surface area contributed by atoms with E-state index in [0.29, 0.717) is 10.9 Å². The molecule has 1 aliphatic carbocycles. The SMILES string of the molecule is OCc1nn2c(C3CCCC3)nnc2s1. The summed E-state index contributed by atoms with van der Waals surface area (Å²) in [4.78, 5) is 0.793. The molecule has 0 aromatic carbocycles. The average molecular weight is 224 g/mol. The van der Waals surface area contributed by atoms with Crippen LogP contribution in [0.3, 0.4) is 0 Å². The Kier molecular flexibility index (Phi) is 2.17. The van der Waals surface area contributed by atoms with Crippen LogP contribution in [0.25, 0.3) is 4.96 Å². The van der Waals surface area contributed by atoms with Crippen LogP contribution in [0.1, 0.15) is 42.4 Å². The molecule has 0 saturated heterocycles. The molecular weight excluding hydrogens is 212 g/mol. The number of nitrogens with zero attached hydrogens (tertiary/aromatic N) is 4. The molecule has 0 aliphatic heterocycles. The van der Waals surface area contributed by atoms with E-state index >= 15 is 0 Å². The molecule has 0 radical (unpaired) electrons. The molecule has 1 N–H and O–H groups in total. The molecule has 80 valence electrons. The zero-order valence-electron chi connectivity index (χ0n) is 8.26. The van der Waals surface area contributed by atoms with Crippen molar-refractivity contribution in [2.24, 2.45) is 0 Å². The second kappa shape index (κ2) is 3.53. The normalized spacial score (nSPS) is 17.9. The average Bonchev–Trinajstić information content (AvgIpc) is 2.92. The highest BCUT2D eigenvalue weighted by Crippen LogP contribution is 2.33. The van der Waals surface area contributed by atoms with Gasteiger partial charge in [0.25, 0.3) is 0 Å². The third-order valence-electron chi connectivity index (χ3n) is 2.91. The smallest absolute Gasteiger partial charge is 0.234 e. The monoisotopic (exact) mass is 224 g/mol. The topological polar surface area (TPSA) is 63.3 Å². The lowest BCUT2D eigenvalue weighted by Crippen LogP contribution is -2.01. The van der Waals surface area contributed by atoms with Crippen LogP contribution in [0, 0.1) is 0 Å². The molecule has 6 heteroatoms. The van der Waals surface area contributed by atoms with E-state index < -0.39 is 0 Å². The second-order valence-electron chi connectivity index (χ2n) is 3.89. The number of aliphatic hydroxyl groups excluding tert-OH is 1. The van der Waals surface area contributed by atoms with Gasteiger partial charge in [-0.1, -0.05) is 24.2 Å². The Labute approximate surface area is 90.8 Å². The zero-order valence-corrected chi connectivity index (χ0v) is 9.07. The Hall–Kier alpha value is -1.01. The minimum absolute atomic E-state index is 0.0157. The maximum atomic E-state index is 9.00. The lowest BCUT2D eigenvalue weighted by atomic mass is 10.1. The highest BCUT2D eigenvalue weighted by molar-refractivity contribution is 7.16. The van der Waals surface area contributed by atoms with E-state index in [1.54, 1.807) is 4.52 Å². The number of hydrogen-bond acceptors (Lipinski definition) is 5. The Morgan fingerprint density at radius 1 is 1.33 bits per heavy atom. The van der Waals surface area contributed by atoms with Crippen LogP contribution in [0.2, 0.25) is 0 Å². The lowest BCUT2D eigenvalue weighted by Gasteiger charge is -2.03. The molecule has 2 aromatic heterocycles. The van der Waals surface area contributed by atoms with Crippen LogP contribution in [-0.2, 0) is 6.61 Å². The largest absolute Gasteiger partial charge is 0.389 e. The van der Waals surface area contributed by atoms with Crippen LogP contribution in [0.5, 0.6) is 0 Å². The van der Waals surface area contributed by atoms with E-state index in [9.17, 15) is 0 Å². The molecule has 0 bridgehead atoms. The summed E-state index contributed by atoms with van der Waals surface area (Å²) in [7, 11) is 0. The zero-order chi connectivity index (χ0) is 10.3. The predicted octanol–water partition coefficient (Wildman–Crippen LogP) is 1.34. The van der Waals surface area contributed by atoms with Crippen molar-refractivity contribution in [3.05, 3.63) is 10.8 Å². The summed E-state index contributed by atoms with van der Waals surface area (Å²) in [5.74, 6) is 1.48. The van der Waals surface area contributed by atoms with Crippen LogP contribution >= 0.6 is 11.3 Å². The Morgan fingerprint density at radius 3 is 2.87 bits per heavy atom. The van der Waals surface area contributed by atoms with E-state index in [2.05, 4.69) is 15.3 Å². The standard InChI is InChI=1S/C9H12N4OS/c14-5-7-12-13-8(6-3-1-2-4-6)10-11-9(13)15-7/h6,14H,1-5H2. The first-order valence-corrected chi connectivity index (χ1v) is 6.02. The molecule has 5 nitrogen and oxygen atoms in total. The predicted molar refractivity (Wildman–Crippen MR) is 55.8 cm³/mol. The van der Waals surface area contributed by atoms with Gasteiger partial charge in [0.1, 0.15) is 5.01 Å². The molecule has 0 spiro atoms. The van der Waals surface area contributed by atoms with Gasteiger partial charge in [-0.2, -0.15) is 9.61 Å². The summed E-state index contributed by atoms with van der Waals surface area (Å²) in [6.45, 7) is -0.0157. The third kappa shape index (κ3) is 1.44. The molecule has 15 heavy (non-hydrogen) atoms. The molecular formula is C9H12N4OS. The first kappa shape index (κ1) is 9.23. The maximum Gasteiger partial charge on any atom is 0.234 e. The van der Waals surface area contributed by atoms with Crippen molar-refractivity contribution >= 4 is 16.3 Å². The lowest BCUT2D eigenvalue weighted by molar-refractivity contribution is 0.279. The molecule has 0 atom stereocenters. The minimum Gasteiger partial charge on any atom is -0.389 e. The highest BCUT2D eigenvalue weighted by atomic mass is 32.1. The molecule has 1 aliphatic rings. The molecule has 2 aromatic rings. The van der Waals surface area contributed by atoms with E-state index in [0.717, 1.165) is 10.8 Å². The van der Waals surface area contributed by atoms with Crippen molar-refractivity contribution in [3.63, 3.8) is 0 Å². The number of aliphatic hydroxyl groups is 1. The quantitative estimate of drug-likeness (QED) is 0.836. The summed E-state index contributed by atoms with van der Waals surface area (Å²) < 4.78 is 1.80. The second-order valence-corrected chi connectivity index (χ2v) is 4.93. The number of aromatic nitrogens is 4. The van der Waals surface area contributed by atoms with Crippen LogP contribution in [0.15, 0.2) is 0 Å². The first-order chi connectivity index (χ1) is 7.38. The van der Waals surface area contributed by atoms with Gasteiger partial charge >= 0.3 is 0 Å². The van der Waals surface area contributed by atoms with Crippen LogP contribution in [0.4, 0.5) is 0 Å². The number of fused-ring (bicyclic) bond motifs is 1. The van der Waals surface area contributed by atoms with Gasteiger partial charge in [0, 0.05) is 5.92 Å². The van der Waals surface area contributed by atoms with E-state index in [-0.39, 0.29) is 6.61 Å². The fourth-order valence-electron chi connectivity index (χ4n) is 2.17. The van der Waals surface area contributed by atoms with Gasteiger partial charge in [0.15, 0.2) is 5.82 Å². The van der Waals surface area contributed by atoms with Gasteiger partial charge in [-0.25, -0.2) is 0 Å². The van der Waals surface area contributed by atoms with Gasteiger partial charge in [-0.15, -0.1) is 10.2 Å². The third-order valence-corrected chi connectivity index (χ3v) is 3.80.